The molecule has 2 aromatic rings. The fourth-order valence-corrected chi connectivity index (χ4v) is 1.81. The van der Waals surface area contributed by atoms with Gasteiger partial charge >= 0.3 is 5.97 Å². The first-order chi connectivity index (χ1) is 8.99. The third-order valence-corrected chi connectivity index (χ3v) is 3.11. The van der Waals surface area contributed by atoms with Crippen LogP contribution in [0.3, 0.4) is 0 Å². The smallest absolute Gasteiger partial charge is 0.320 e. The minimum atomic E-state index is -1.04. The highest BCUT2D eigenvalue weighted by Crippen LogP contribution is 2.16. The summed E-state index contributed by atoms with van der Waals surface area (Å²) in [5.74, 6) is -1.04. The predicted octanol–water partition coefficient (Wildman–Crippen LogP) is 0.839. The molecule has 0 bridgehead atoms. The van der Waals surface area contributed by atoms with Crippen molar-refractivity contribution >= 4 is 5.97 Å². The molecular weight excluding hydrogens is 244 g/mol. The number of carboxylic acids is 1. The number of nitrogens with two attached hydrogens (primary N) is 1. The Balaban J connectivity index is 2.26. The molecule has 0 fully saturated rings. The molecule has 100 valence electrons. The molecule has 1 atom stereocenters. The summed E-state index contributed by atoms with van der Waals surface area (Å²) in [5, 5.41) is 16.7. The summed E-state index contributed by atoms with van der Waals surface area (Å²) >= 11 is 0. The molecule has 0 radical (unpaired) electrons. The molecule has 1 aromatic carbocycles. The lowest BCUT2D eigenvalue weighted by molar-refractivity contribution is -0.138. The summed E-state index contributed by atoms with van der Waals surface area (Å²) in [5.41, 5.74) is 9.25. The number of rotatable bonds is 4. The number of carboxylic acid groups (broad SMARTS) is 1. The van der Waals surface area contributed by atoms with Crippen molar-refractivity contribution in [2.24, 2.45) is 5.73 Å². The van der Waals surface area contributed by atoms with E-state index in [0.717, 1.165) is 16.8 Å². The molecule has 3 N–H and O–H groups in total. The predicted molar refractivity (Wildman–Crippen MR) is 70.1 cm³/mol. The van der Waals surface area contributed by atoms with Crippen molar-refractivity contribution in [3.63, 3.8) is 0 Å². The van der Waals surface area contributed by atoms with Crippen LogP contribution in [0.5, 0.6) is 0 Å². The third-order valence-electron chi connectivity index (χ3n) is 3.11. The lowest BCUT2D eigenvalue weighted by atomic mass is 10.1. The third kappa shape index (κ3) is 2.79. The largest absolute Gasteiger partial charge is 0.480 e. The number of aliphatic carboxylic acids is 1. The SMILES string of the molecule is Cc1cccc(-n2cc(CC(N)C(=O)O)nn2)c1C. The number of hydrogen-bond acceptors (Lipinski definition) is 4. The summed E-state index contributed by atoms with van der Waals surface area (Å²) < 4.78 is 1.65. The maximum atomic E-state index is 10.7. The Hall–Kier alpha value is -2.21. The average Bonchev–Trinajstić information content (AvgIpc) is 2.81. The molecule has 19 heavy (non-hydrogen) atoms. The van der Waals surface area contributed by atoms with Gasteiger partial charge in [-0.05, 0) is 31.0 Å². The normalized spacial score (nSPS) is 12.4. The van der Waals surface area contributed by atoms with E-state index in [1.165, 1.54) is 0 Å². The summed E-state index contributed by atoms with van der Waals surface area (Å²) in [6, 6.07) is 4.96. The van der Waals surface area contributed by atoms with Crippen molar-refractivity contribution in [2.45, 2.75) is 26.3 Å². The Morgan fingerprint density at radius 2 is 2.21 bits per heavy atom. The minimum absolute atomic E-state index is 0.167. The van der Waals surface area contributed by atoms with Gasteiger partial charge in [0.05, 0.1) is 17.6 Å². The summed E-state index contributed by atoms with van der Waals surface area (Å²) in [6.45, 7) is 4.03. The number of aryl methyl sites for hydroxylation is 1. The summed E-state index contributed by atoms with van der Waals surface area (Å²) in [7, 11) is 0. The first-order valence-corrected chi connectivity index (χ1v) is 5.95. The van der Waals surface area contributed by atoms with Crippen molar-refractivity contribution in [2.75, 3.05) is 0 Å². The van der Waals surface area contributed by atoms with E-state index in [4.69, 9.17) is 10.8 Å². The zero-order valence-electron chi connectivity index (χ0n) is 10.9. The molecule has 6 nitrogen and oxygen atoms in total. The van der Waals surface area contributed by atoms with Gasteiger partial charge in [0.1, 0.15) is 6.04 Å². The van der Waals surface area contributed by atoms with Gasteiger partial charge < -0.3 is 10.8 Å². The van der Waals surface area contributed by atoms with Crippen LogP contribution in [0.25, 0.3) is 5.69 Å². The Labute approximate surface area is 110 Å². The second-order valence-electron chi connectivity index (χ2n) is 4.52. The molecule has 0 aliphatic heterocycles. The number of carbonyl (C=O) groups is 1. The van der Waals surface area contributed by atoms with Gasteiger partial charge in [0, 0.05) is 6.42 Å². The molecule has 1 heterocycles. The van der Waals surface area contributed by atoms with Gasteiger partial charge in [0.25, 0.3) is 0 Å². The van der Waals surface area contributed by atoms with Crippen LogP contribution in [0.15, 0.2) is 24.4 Å². The van der Waals surface area contributed by atoms with Gasteiger partial charge in [-0.25, -0.2) is 4.68 Å². The van der Waals surface area contributed by atoms with Crippen molar-refractivity contribution in [3.8, 4) is 5.69 Å². The summed E-state index contributed by atoms with van der Waals surface area (Å²) in [6.07, 6.45) is 1.88. The highest BCUT2D eigenvalue weighted by atomic mass is 16.4. The molecule has 0 saturated heterocycles. The number of benzene rings is 1. The number of nitrogens with zero attached hydrogens (tertiary/aromatic N) is 3. The van der Waals surface area contributed by atoms with Crippen LogP contribution in [-0.4, -0.2) is 32.1 Å². The topological polar surface area (TPSA) is 94.0 Å². The molecule has 0 spiro atoms. The van der Waals surface area contributed by atoms with E-state index in [1.807, 2.05) is 32.0 Å². The Morgan fingerprint density at radius 3 is 2.89 bits per heavy atom. The lowest BCUT2D eigenvalue weighted by Gasteiger charge is -2.07. The Morgan fingerprint density at radius 1 is 1.47 bits per heavy atom. The van der Waals surface area contributed by atoms with Crippen LogP contribution in [0, 0.1) is 13.8 Å². The van der Waals surface area contributed by atoms with Gasteiger partial charge in [0.2, 0.25) is 0 Å². The molecule has 0 aliphatic rings. The number of aromatic nitrogens is 3. The van der Waals surface area contributed by atoms with E-state index >= 15 is 0 Å². The molecular formula is C13H16N4O2. The zero-order chi connectivity index (χ0) is 14.0. The maximum absolute atomic E-state index is 10.7. The Kier molecular flexibility index (Phi) is 3.62. The lowest BCUT2D eigenvalue weighted by Crippen LogP contribution is -2.32. The fourth-order valence-electron chi connectivity index (χ4n) is 1.81. The van der Waals surface area contributed by atoms with Crippen LogP contribution in [0.4, 0.5) is 0 Å². The van der Waals surface area contributed by atoms with E-state index in [-0.39, 0.29) is 6.42 Å². The zero-order valence-corrected chi connectivity index (χ0v) is 10.9. The van der Waals surface area contributed by atoms with E-state index in [2.05, 4.69) is 10.3 Å². The highest BCUT2D eigenvalue weighted by Gasteiger charge is 2.15. The Bertz CT molecular complexity index is 606. The van der Waals surface area contributed by atoms with Crippen LogP contribution in [0.2, 0.25) is 0 Å². The van der Waals surface area contributed by atoms with E-state index in [9.17, 15) is 4.79 Å². The molecule has 0 aliphatic carbocycles. The van der Waals surface area contributed by atoms with Crippen LogP contribution >= 0.6 is 0 Å². The first-order valence-electron chi connectivity index (χ1n) is 5.95. The second kappa shape index (κ2) is 5.19. The highest BCUT2D eigenvalue weighted by molar-refractivity contribution is 5.73. The molecule has 0 saturated carbocycles. The van der Waals surface area contributed by atoms with Crippen LogP contribution in [-0.2, 0) is 11.2 Å². The van der Waals surface area contributed by atoms with Gasteiger partial charge in [-0.15, -0.1) is 5.10 Å². The van der Waals surface area contributed by atoms with Gasteiger partial charge in [-0.3, -0.25) is 4.79 Å². The van der Waals surface area contributed by atoms with E-state index in [0.29, 0.717) is 5.69 Å². The summed E-state index contributed by atoms with van der Waals surface area (Å²) in [4.78, 5) is 10.7. The first kappa shape index (κ1) is 13.2. The van der Waals surface area contributed by atoms with Crippen LogP contribution in [0.1, 0.15) is 16.8 Å². The van der Waals surface area contributed by atoms with Crippen molar-refractivity contribution in [3.05, 3.63) is 41.2 Å². The molecule has 2 rings (SSSR count). The van der Waals surface area contributed by atoms with Crippen molar-refractivity contribution in [1.82, 2.24) is 15.0 Å². The van der Waals surface area contributed by atoms with Crippen molar-refractivity contribution in [1.29, 1.82) is 0 Å². The number of hydrogen-bond donors (Lipinski definition) is 2. The average molecular weight is 260 g/mol. The van der Waals surface area contributed by atoms with E-state index < -0.39 is 12.0 Å². The van der Waals surface area contributed by atoms with Crippen molar-refractivity contribution < 1.29 is 9.90 Å². The maximum Gasteiger partial charge on any atom is 0.320 e. The second-order valence-corrected chi connectivity index (χ2v) is 4.52. The fraction of sp³-hybridized carbons (Fsp3) is 0.308. The molecule has 1 unspecified atom stereocenters. The minimum Gasteiger partial charge on any atom is -0.480 e. The molecule has 1 aromatic heterocycles. The van der Waals surface area contributed by atoms with E-state index in [1.54, 1.807) is 10.9 Å². The van der Waals surface area contributed by atoms with Crippen LogP contribution < -0.4 is 5.73 Å². The molecule has 6 heteroatoms. The quantitative estimate of drug-likeness (QED) is 0.849. The van der Waals surface area contributed by atoms with Gasteiger partial charge in [0.15, 0.2) is 0 Å². The molecule has 0 amide bonds. The van der Waals surface area contributed by atoms with Gasteiger partial charge in [-0.2, -0.15) is 0 Å². The monoisotopic (exact) mass is 260 g/mol. The standard InChI is InChI=1S/C13H16N4O2/c1-8-4-3-5-12(9(8)2)17-7-10(15-16-17)6-11(14)13(18)19/h3-5,7,11H,6,14H2,1-2H3,(H,18,19). The van der Waals surface area contributed by atoms with Gasteiger partial charge in [-0.1, -0.05) is 17.3 Å².